The van der Waals surface area contributed by atoms with Crippen LogP contribution in [0.15, 0.2) is 42.7 Å². The average molecular weight is 248 g/mol. The summed E-state index contributed by atoms with van der Waals surface area (Å²) in [6.07, 6.45) is 2.76. The van der Waals surface area contributed by atoms with Crippen molar-refractivity contribution < 1.29 is 8.78 Å². The second kappa shape index (κ2) is 5.69. The summed E-state index contributed by atoms with van der Waals surface area (Å²) in [7, 11) is 0. The third-order valence-corrected chi connectivity index (χ3v) is 2.78. The maximum atomic E-state index is 13.4. The van der Waals surface area contributed by atoms with Crippen molar-refractivity contribution in [2.45, 2.75) is 19.5 Å². The van der Waals surface area contributed by atoms with E-state index in [0.29, 0.717) is 12.1 Å². The standard InChI is InChI=1S/C14H14F2N2/c1-10(12-6-13(15)9-17-7-12)18-8-11-4-2-3-5-14(11)16/h2-7,9-10,18H,8H2,1H3. The molecule has 1 heterocycles. The van der Waals surface area contributed by atoms with Crippen LogP contribution in [0.5, 0.6) is 0 Å². The lowest BCUT2D eigenvalue weighted by Gasteiger charge is -2.14. The lowest BCUT2D eigenvalue weighted by Crippen LogP contribution is -2.19. The molecule has 0 aliphatic heterocycles. The van der Waals surface area contributed by atoms with Gasteiger partial charge in [-0.15, -0.1) is 0 Å². The molecule has 2 nitrogen and oxygen atoms in total. The molecule has 0 fully saturated rings. The van der Waals surface area contributed by atoms with Crippen LogP contribution < -0.4 is 5.32 Å². The van der Waals surface area contributed by atoms with Gasteiger partial charge in [-0.05, 0) is 24.6 Å². The number of nitrogens with one attached hydrogen (secondary N) is 1. The lowest BCUT2D eigenvalue weighted by molar-refractivity contribution is 0.538. The molecule has 0 spiro atoms. The Kier molecular flexibility index (Phi) is 3.99. The lowest BCUT2D eigenvalue weighted by atomic mass is 10.1. The number of halogens is 2. The predicted molar refractivity (Wildman–Crippen MR) is 65.8 cm³/mol. The fourth-order valence-corrected chi connectivity index (χ4v) is 1.69. The van der Waals surface area contributed by atoms with Crippen molar-refractivity contribution in [1.29, 1.82) is 0 Å². The van der Waals surface area contributed by atoms with Crippen LogP contribution in [0.1, 0.15) is 24.1 Å². The Balaban J connectivity index is 2.00. The van der Waals surface area contributed by atoms with Crippen molar-refractivity contribution in [2.75, 3.05) is 0 Å². The summed E-state index contributed by atoms with van der Waals surface area (Å²) < 4.78 is 26.4. The van der Waals surface area contributed by atoms with Crippen molar-refractivity contribution >= 4 is 0 Å². The Morgan fingerprint density at radius 3 is 2.72 bits per heavy atom. The molecular weight excluding hydrogens is 234 g/mol. The molecule has 1 aromatic heterocycles. The van der Waals surface area contributed by atoms with E-state index in [1.54, 1.807) is 24.4 Å². The summed E-state index contributed by atoms with van der Waals surface area (Å²) in [5, 5.41) is 3.14. The van der Waals surface area contributed by atoms with Crippen LogP contribution in [0.25, 0.3) is 0 Å². The van der Waals surface area contributed by atoms with Gasteiger partial charge in [0, 0.05) is 24.3 Å². The van der Waals surface area contributed by atoms with E-state index in [0.717, 1.165) is 11.8 Å². The molecule has 4 heteroatoms. The summed E-state index contributed by atoms with van der Waals surface area (Å²) >= 11 is 0. The van der Waals surface area contributed by atoms with E-state index < -0.39 is 0 Å². The number of pyridine rings is 1. The first-order valence-electron chi connectivity index (χ1n) is 5.74. The van der Waals surface area contributed by atoms with Gasteiger partial charge in [0.05, 0.1) is 6.20 Å². The maximum absolute atomic E-state index is 13.4. The maximum Gasteiger partial charge on any atom is 0.141 e. The van der Waals surface area contributed by atoms with Crippen molar-refractivity contribution in [2.24, 2.45) is 0 Å². The Labute approximate surface area is 105 Å². The fraction of sp³-hybridized carbons (Fsp3) is 0.214. The van der Waals surface area contributed by atoms with Gasteiger partial charge in [-0.2, -0.15) is 0 Å². The second-order valence-electron chi connectivity index (χ2n) is 4.13. The van der Waals surface area contributed by atoms with Gasteiger partial charge in [0.2, 0.25) is 0 Å². The molecule has 1 unspecified atom stereocenters. The zero-order valence-corrected chi connectivity index (χ0v) is 10.0. The topological polar surface area (TPSA) is 24.9 Å². The van der Waals surface area contributed by atoms with Crippen LogP contribution in [-0.2, 0) is 6.54 Å². The van der Waals surface area contributed by atoms with Crippen LogP contribution in [0.2, 0.25) is 0 Å². The fourth-order valence-electron chi connectivity index (χ4n) is 1.69. The zero-order chi connectivity index (χ0) is 13.0. The first-order valence-corrected chi connectivity index (χ1v) is 5.74. The summed E-state index contributed by atoms with van der Waals surface area (Å²) in [5.41, 5.74) is 1.33. The first-order chi connectivity index (χ1) is 8.66. The molecule has 18 heavy (non-hydrogen) atoms. The Morgan fingerprint density at radius 1 is 1.22 bits per heavy atom. The molecule has 0 aliphatic carbocycles. The van der Waals surface area contributed by atoms with Crippen LogP contribution in [0.3, 0.4) is 0 Å². The van der Waals surface area contributed by atoms with Gasteiger partial charge >= 0.3 is 0 Å². The Hall–Kier alpha value is -1.81. The predicted octanol–water partition coefficient (Wildman–Crippen LogP) is 3.21. The molecule has 1 aromatic carbocycles. The van der Waals surface area contributed by atoms with Gasteiger partial charge in [0.1, 0.15) is 11.6 Å². The van der Waals surface area contributed by atoms with E-state index in [2.05, 4.69) is 10.3 Å². The Morgan fingerprint density at radius 2 is 2.00 bits per heavy atom. The molecule has 0 saturated heterocycles. The van der Waals surface area contributed by atoms with E-state index in [4.69, 9.17) is 0 Å². The van der Waals surface area contributed by atoms with Gasteiger partial charge < -0.3 is 5.32 Å². The smallest absolute Gasteiger partial charge is 0.141 e. The number of nitrogens with zero attached hydrogens (tertiary/aromatic N) is 1. The second-order valence-corrected chi connectivity index (χ2v) is 4.13. The minimum absolute atomic E-state index is 0.0900. The summed E-state index contributed by atoms with van der Waals surface area (Å²) in [6, 6.07) is 7.91. The largest absolute Gasteiger partial charge is 0.306 e. The minimum atomic E-state index is -0.368. The van der Waals surface area contributed by atoms with Gasteiger partial charge in [0.15, 0.2) is 0 Å². The molecule has 0 radical (unpaired) electrons. The highest BCUT2D eigenvalue weighted by Gasteiger charge is 2.07. The molecule has 2 rings (SSSR count). The molecule has 0 bridgehead atoms. The van der Waals surface area contributed by atoms with E-state index in [-0.39, 0.29) is 17.7 Å². The number of hydrogen-bond donors (Lipinski definition) is 1. The monoisotopic (exact) mass is 248 g/mol. The number of hydrogen-bond acceptors (Lipinski definition) is 2. The van der Waals surface area contributed by atoms with Crippen LogP contribution in [-0.4, -0.2) is 4.98 Å². The molecule has 2 aromatic rings. The SMILES string of the molecule is CC(NCc1ccccc1F)c1cncc(F)c1. The van der Waals surface area contributed by atoms with Gasteiger partial charge in [-0.3, -0.25) is 4.98 Å². The molecule has 0 aliphatic rings. The average Bonchev–Trinajstić information content (AvgIpc) is 2.37. The highest BCUT2D eigenvalue weighted by molar-refractivity contribution is 5.18. The van der Waals surface area contributed by atoms with Gasteiger partial charge in [-0.25, -0.2) is 8.78 Å². The quantitative estimate of drug-likeness (QED) is 0.898. The minimum Gasteiger partial charge on any atom is -0.306 e. The summed E-state index contributed by atoms with van der Waals surface area (Å²) in [5.74, 6) is -0.610. The molecule has 1 N–H and O–H groups in total. The van der Waals surface area contributed by atoms with E-state index >= 15 is 0 Å². The van der Waals surface area contributed by atoms with Crippen LogP contribution in [0.4, 0.5) is 8.78 Å². The third-order valence-electron chi connectivity index (χ3n) is 2.78. The number of benzene rings is 1. The molecular formula is C14H14F2N2. The van der Waals surface area contributed by atoms with Gasteiger partial charge in [0.25, 0.3) is 0 Å². The number of rotatable bonds is 4. The van der Waals surface area contributed by atoms with Crippen molar-refractivity contribution in [1.82, 2.24) is 10.3 Å². The molecule has 1 atom stereocenters. The molecule has 0 amide bonds. The first kappa shape index (κ1) is 12.6. The zero-order valence-electron chi connectivity index (χ0n) is 10.0. The van der Waals surface area contributed by atoms with Crippen molar-refractivity contribution in [3.63, 3.8) is 0 Å². The van der Waals surface area contributed by atoms with E-state index in [1.165, 1.54) is 12.1 Å². The number of aromatic nitrogens is 1. The van der Waals surface area contributed by atoms with Crippen LogP contribution in [0, 0.1) is 11.6 Å². The highest BCUT2D eigenvalue weighted by Crippen LogP contribution is 2.14. The van der Waals surface area contributed by atoms with Crippen molar-refractivity contribution in [3.8, 4) is 0 Å². The van der Waals surface area contributed by atoms with E-state index in [1.807, 2.05) is 6.92 Å². The van der Waals surface area contributed by atoms with Crippen molar-refractivity contribution in [3.05, 3.63) is 65.5 Å². The molecule has 94 valence electrons. The molecule has 0 saturated carbocycles. The Bertz CT molecular complexity index is 529. The summed E-state index contributed by atoms with van der Waals surface area (Å²) in [6.45, 7) is 2.28. The van der Waals surface area contributed by atoms with Crippen LogP contribution >= 0.6 is 0 Å². The van der Waals surface area contributed by atoms with E-state index in [9.17, 15) is 8.78 Å². The summed E-state index contributed by atoms with van der Waals surface area (Å²) in [4.78, 5) is 3.79. The third kappa shape index (κ3) is 3.11. The normalized spacial score (nSPS) is 12.4. The highest BCUT2D eigenvalue weighted by atomic mass is 19.1. The van der Waals surface area contributed by atoms with Gasteiger partial charge in [-0.1, -0.05) is 18.2 Å².